The summed E-state index contributed by atoms with van der Waals surface area (Å²) in [6.07, 6.45) is 0.459. The van der Waals surface area contributed by atoms with Crippen LogP contribution in [0.1, 0.15) is 22.7 Å². The summed E-state index contributed by atoms with van der Waals surface area (Å²) in [7, 11) is 0. The molecule has 1 aliphatic heterocycles. The van der Waals surface area contributed by atoms with Crippen LogP contribution in [-0.2, 0) is 11.2 Å². The molecule has 1 aliphatic rings. The maximum absolute atomic E-state index is 12.8. The third-order valence-electron chi connectivity index (χ3n) is 5.51. The number of halogens is 1. The summed E-state index contributed by atoms with van der Waals surface area (Å²) in [6, 6.07) is 29.5. The summed E-state index contributed by atoms with van der Waals surface area (Å²) in [6.45, 7) is 3.28. The number of carbonyl (C=O) groups is 1. The molecule has 0 radical (unpaired) electrons. The molecule has 4 rings (SSSR count). The van der Waals surface area contributed by atoms with Crippen molar-refractivity contribution >= 4 is 21.8 Å². The van der Waals surface area contributed by atoms with E-state index in [1.165, 1.54) is 11.1 Å². The van der Waals surface area contributed by atoms with Gasteiger partial charge in [-0.05, 0) is 28.8 Å². The van der Waals surface area contributed by atoms with E-state index in [0.29, 0.717) is 6.42 Å². The van der Waals surface area contributed by atoms with Crippen molar-refractivity contribution in [3.05, 3.63) is 106 Å². The van der Waals surface area contributed by atoms with E-state index in [4.69, 9.17) is 0 Å². The monoisotopic (exact) mass is 448 g/mol. The van der Waals surface area contributed by atoms with Crippen LogP contribution in [0.15, 0.2) is 89.4 Å². The number of hydrogen-bond acceptors (Lipinski definition) is 2. The molecular formula is C25H25BrN2O. The Bertz CT molecular complexity index is 898. The normalized spacial score (nSPS) is 14.9. The van der Waals surface area contributed by atoms with Crippen LogP contribution >= 0.6 is 15.9 Å². The van der Waals surface area contributed by atoms with Gasteiger partial charge in [0.15, 0.2) is 0 Å². The summed E-state index contributed by atoms with van der Waals surface area (Å²) in [5.74, 6) is 0.207. The molecule has 0 saturated carbocycles. The Hall–Kier alpha value is -2.43. The highest BCUT2D eigenvalue weighted by Crippen LogP contribution is 2.29. The van der Waals surface area contributed by atoms with Gasteiger partial charge in [0.1, 0.15) is 0 Å². The topological polar surface area (TPSA) is 23.6 Å². The van der Waals surface area contributed by atoms with Crippen LogP contribution in [0.2, 0.25) is 0 Å². The zero-order valence-corrected chi connectivity index (χ0v) is 18.0. The van der Waals surface area contributed by atoms with E-state index in [1.54, 1.807) is 0 Å². The summed E-state index contributed by atoms with van der Waals surface area (Å²) >= 11 is 3.48. The number of piperazine rings is 1. The number of amides is 1. The molecule has 0 N–H and O–H groups in total. The fourth-order valence-electron chi connectivity index (χ4n) is 4.05. The lowest BCUT2D eigenvalue weighted by Gasteiger charge is -2.40. The minimum atomic E-state index is 0.207. The molecule has 0 bridgehead atoms. The maximum Gasteiger partial charge on any atom is 0.227 e. The van der Waals surface area contributed by atoms with E-state index in [9.17, 15) is 4.79 Å². The fourth-order valence-corrected chi connectivity index (χ4v) is 4.49. The van der Waals surface area contributed by atoms with Crippen molar-refractivity contribution in [1.82, 2.24) is 9.80 Å². The minimum Gasteiger partial charge on any atom is -0.340 e. The first-order valence-electron chi connectivity index (χ1n) is 10.1. The van der Waals surface area contributed by atoms with Gasteiger partial charge >= 0.3 is 0 Å². The molecule has 1 fully saturated rings. The molecule has 0 aliphatic carbocycles. The average Bonchev–Trinajstić information content (AvgIpc) is 2.76. The fraction of sp³-hybridized carbons (Fsp3) is 0.240. The predicted molar refractivity (Wildman–Crippen MR) is 121 cm³/mol. The minimum absolute atomic E-state index is 0.207. The highest BCUT2D eigenvalue weighted by atomic mass is 79.9. The molecule has 3 nitrogen and oxygen atoms in total. The largest absolute Gasteiger partial charge is 0.340 e. The summed E-state index contributed by atoms with van der Waals surface area (Å²) in [5.41, 5.74) is 3.65. The number of nitrogens with zero attached hydrogens (tertiary/aromatic N) is 2. The van der Waals surface area contributed by atoms with Gasteiger partial charge < -0.3 is 4.90 Å². The lowest BCUT2D eigenvalue weighted by Crippen LogP contribution is -2.50. The number of hydrogen-bond donors (Lipinski definition) is 0. The highest BCUT2D eigenvalue weighted by molar-refractivity contribution is 9.10. The van der Waals surface area contributed by atoms with Crippen LogP contribution < -0.4 is 0 Å². The zero-order valence-electron chi connectivity index (χ0n) is 16.4. The quantitative estimate of drug-likeness (QED) is 0.552. The van der Waals surface area contributed by atoms with Crippen molar-refractivity contribution in [2.45, 2.75) is 12.5 Å². The van der Waals surface area contributed by atoms with E-state index < -0.39 is 0 Å². The molecule has 0 aromatic heterocycles. The van der Waals surface area contributed by atoms with Gasteiger partial charge in [-0.1, -0.05) is 88.7 Å². The Morgan fingerprint density at radius 3 is 1.93 bits per heavy atom. The molecule has 0 atom stereocenters. The van der Waals surface area contributed by atoms with Crippen molar-refractivity contribution in [2.75, 3.05) is 26.2 Å². The molecular weight excluding hydrogens is 424 g/mol. The predicted octanol–water partition coefficient (Wildman–Crippen LogP) is 4.93. The Labute approximate surface area is 181 Å². The van der Waals surface area contributed by atoms with Crippen molar-refractivity contribution in [2.24, 2.45) is 0 Å². The van der Waals surface area contributed by atoms with Crippen LogP contribution in [0.25, 0.3) is 0 Å². The third kappa shape index (κ3) is 4.95. The molecule has 0 spiro atoms. The second kappa shape index (κ2) is 9.38. The zero-order chi connectivity index (χ0) is 20.1. The summed E-state index contributed by atoms with van der Waals surface area (Å²) < 4.78 is 1.01. The SMILES string of the molecule is O=C(Cc1cccc(Br)c1)N1CCN(C(c2ccccc2)c2ccccc2)CC1. The third-order valence-corrected chi connectivity index (χ3v) is 6.00. The first-order valence-corrected chi connectivity index (χ1v) is 10.9. The van der Waals surface area contributed by atoms with Crippen molar-refractivity contribution in [3.63, 3.8) is 0 Å². The number of rotatable bonds is 5. The van der Waals surface area contributed by atoms with Crippen LogP contribution in [0.3, 0.4) is 0 Å². The summed E-state index contributed by atoms with van der Waals surface area (Å²) in [4.78, 5) is 17.3. The van der Waals surface area contributed by atoms with E-state index in [2.05, 4.69) is 81.5 Å². The van der Waals surface area contributed by atoms with Crippen LogP contribution in [0.5, 0.6) is 0 Å². The van der Waals surface area contributed by atoms with Gasteiger partial charge in [0.05, 0.1) is 12.5 Å². The first kappa shape index (κ1) is 19.9. The van der Waals surface area contributed by atoms with Gasteiger partial charge in [-0.3, -0.25) is 9.69 Å². The molecule has 3 aromatic rings. The Morgan fingerprint density at radius 1 is 0.793 bits per heavy atom. The van der Waals surface area contributed by atoms with Crippen LogP contribution in [-0.4, -0.2) is 41.9 Å². The van der Waals surface area contributed by atoms with Gasteiger partial charge in [-0.25, -0.2) is 0 Å². The van der Waals surface area contributed by atoms with Crippen LogP contribution in [0, 0.1) is 0 Å². The van der Waals surface area contributed by atoms with Crippen molar-refractivity contribution < 1.29 is 4.79 Å². The Kier molecular flexibility index (Phi) is 6.43. The second-order valence-corrected chi connectivity index (χ2v) is 8.36. The van der Waals surface area contributed by atoms with E-state index >= 15 is 0 Å². The van der Waals surface area contributed by atoms with Gasteiger partial charge in [0.2, 0.25) is 5.91 Å². The average molecular weight is 449 g/mol. The summed E-state index contributed by atoms with van der Waals surface area (Å²) in [5, 5.41) is 0. The molecule has 3 aromatic carbocycles. The number of benzene rings is 3. The van der Waals surface area contributed by atoms with E-state index in [-0.39, 0.29) is 11.9 Å². The smallest absolute Gasteiger partial charge is 0.227 e. The van der Waals surface area contributed by atoms with Gasteiger partial charge in [0, 0.05) is 30.7 Å². The van der Waals surface area contributed by atoms with E-state index in [1.807, 2.05) is 29.2 Å². The molecule has 29 heavy (non-hydrogen) atoms. The molecule has 4 heteroatoms. The van der Waals surface area contributed by atoms with Crippen molar-refractivity contribution in [1.29, 1.82) is 0 Å². The van der Waals surface area contributed by atoms with Crippen molar-refractivity contribution in [3.8, 4) is 0 Å². The van der Waals surface area contributed by atoms with Crippen LogP contribution in [0.4, 0.5) is 0 Å². The van der Waals surface area contributed by atoms with Gasteiger partial charge in [-0.2, -0.15) is 0 Å². The van der Waals surface area contributed by atoms with Gasteiger partial charge in [0.25, 0.3) is 0 Å². The molecule has 0 unspecified atom stereocenters. The molecule has 1 amide bonds. The molecule has 1 heterocycles. The van der Waals surface area contributed by atoms with E-state index in [0.717, 1.165) is 36.2 Å². The standard InChI is InChI=1S/C25H25BrN2O/c26-23-13-7-8-20(18-23)19-24(29)27-14-16-28(17-15-27)25(21-9-3-1-4-10-21)22-11-5-2-6-12-22/h1-13,18,25H,14-17,19H2. The highest BCUT2D eigenvalue weighted by Gasteiger charge is 2.28. The Morgan fingerprint density at radius 2 is 1.38 bits per heavy atom. The first-order chi connectivity index (χ1) is 14.2. The second-order valence-electron chi connectivity index (χ2n) is 7.45. The molecule has 148 valence electrons. The lowest BCUT2D eigenvalue weighted by molar-refractivity contribution is -0.132. The lowest BCUT2D eigenvalue weighted by atomic mass is 9.96. The molecule has 1 saturated heterocycles. The number of carbonyl (C=O) groups excluding carboxylic acids is 1. The Balaban J connectivity index is 1.45. The van der Waals surface area contributed by atoms with Gasteiger partial charge in [-0.15, -0.1) is 0 Å². The maximum atomic E-state index is 12.8.